The monoisotopic (exact) mass is 202 g/mol. The third-order valence-electron chi connectivity index (χ3n) is 2.67. The topological polar surface area (TPSA) is 17.1 Å². The highest BCUT2D eigenvalue weighted by molar-refractivity contribution is 5.61. The second kappa shape index (κ2) is 5.50. The van der Waals surface area contributed by atoms with Crippen molar-refractivity contribution in [3.05, 3.63) is 47.5 Å². The highest BCUT2D eigenvalue weighted by atomic mass is 16.1. The standard InChI is InChI=1S/C14H18O/c1-4-5-11(2)13-6-8-14(9-7-13)12(3)10-15/h4-12H,1-3H3/b5-4-. The van der Waals surface area contributed by atoms with E-state index in [1.54, 1.807) is 0 Å². The van der Waals surface area contributed by atoms with E-state index in [0.717, 1.165) is 11.8 Å². The van der Waals surface area contributed by atoms with Gasteiger partial charge in [-0.15, -0.1) is 0 Å². The van der Waals surface area contributed by atoms with Gasteiger partial charge in [0.05, 0.1) is 0 Å². The van der Waals surface area contributed by atoms with E-state index in [1.165, 1.54) is 5.56 Å². The first kappa shape index (κ1) is 11.7. The molecule has 1 aromatic rings. The molecule has 0 aromatic heterocycles. The molecule has 0 fully saturated rings. The SMILES string of the molecule is C/C=C\C(C)c1ccc(C(C)C=O)cc1. The van der Waals surface area contributed by atoms with Crippen LogP contribution >= 0.6 is 0 Å². The van der Waals surface area contributed by atoms with Gasteiger partial charge >= 0.3 is 0 Å². The normalized spacial score (nSPS) is 15.1. The number of carbonyl (C=O) groups is 1. The molecule has 80 valence electrons. The quantitative estimate of drug-likeness (QED) is 0.538. The molecule has 0 spiro atoms. The lowest BCUT2D eigenvalue weighted by Gasteiger charge is -2.09. The van der Waals surface area contributed by atoms with Crippen LogP contribution in [0.4, 0.5) is 0 Å². The van der Waals surface area contributed by atoms with Crippen molar-refractivity contribution in [2.45, 2.75) is 32.6 Å². The minimum atomic E-state index is -0.00364. The fraction of sp³-hybridized carbons (Fsp3) is 0.357. The Morgan fingerprint density at radius 2 is 1.47 bits per heavy atom. The highest BCUT2D eigenvalue weighted by Gasteiger charge is 2.05. The Morgan fingerprint density at radius 1 is 1.00 bits per heavy atom. The van der Waals surface area contributed by atoms with Gasteiger partial charge in [-0.25, -0.2) is 0 Å². The van der Waals surface area contributed by atoms with E-state index >= 15 is 0 Å². The molecule has 0 bridgehead atoms. The lowest BCUT2D eigenvalue weighted by molar-refractivity contribution is -0.108. The van der Waals surface area contributed by atoms with Crippen LogP contribution in [0.2, 0.25) is 0 Å². The molecular formula is C14H18O. The summed E-state index contributed by atoms with van der Waals surface area (Å²) < 4.78 is 0. The van der Waals surface area contributed by atoms with Gasteiger partial charge in [-0.3, -0.25) is 0 Å². The third-order valence-corrected chi connectivity index (χ3v) is 2.67. The molecule has 0 aliphatic rings. The first-order valence-electron chi connectivity index (χ1n) is 5.37. The predicted molar refractivity (Wildman–Crippen MR) is 64.2 cm³/mol. The van der Waals surface area contributed by atoms with Crippen molar-refractivity contribution in [2.24, 2.45) is 0 Å². The molecule has 15 heavy (non-hydrogen) atoms. The largest absolute Gasteiger partial charge is 0.303 e. The van der Waals surface area contributed by atoms with Gasteiger partial charge in [0.2, 0.25) is 0 Å². The second-order valence-electron chi connectivity index (χ2n) is 3.91. The maximum atomic E-state index is 10.6. The van der Waals surface area contributed by atoms with Crippen molar-refractivity contribution in [1.29, 1.82) is 0 Å². The Bertz CT molecular complexity index is 335. The number of carbonyl (C=O) groups excluding carboxylic acids is 1. The van der Waals surface area contributed by atoms with Crippen molar-refractivity contribution in [1.82, 2.24) is 0 Å². The fourth-order valence-electron chi connectivity index (χ4n) is 1.58. The van der Waals surface area contributed by atoms with Crippen LogP contribution in [0.25, 0.3) is 0 Å². The van der Waals surface area contributed by atoms with E-state index in [9.17, 15) is 4.79 Å². The zero-order valence-electron chi connectivity index (χ0n) is 9.60. The van der Waals surface area contributed by atoms with Gasteiger partial charge in [-0.05, 0) is 24.0 Å². The molecule has 0 aliphatic carbocycles. The van der Waals surface area contributed by atoms with E-state index in [4.69, 9.17) is 0 Å². The summed E-state index contributed by atoms with van der Waals surface area (Å²) in [6.07, 6.45) is 5.20. The number of hydrogen-bond acceptors (Lipinski definition) is 1. The summed E-state index contributed by atoms with van der Waals surface area (Å²) >= 11 is 0. The van der Waals surface area contributed by atoms with Gasteiger partial charge in [0.15, 0.2) is 0 Å². The predicted octanol–water partition coefficient (Wildman–Crippen LogP) is 3.67. The van der Waals surface area contributed by atoms with Crippen molar-refractivity contribution in [3.63, 3.8) is 0 Å². The molecule has 1 rings (SSSR count). The van der Waals surface area contributed by atoms with Crippen LogP contribution in [0.5, 0.6) is 0 Å². The minimum Gasteiger partial charge on any atom is -0.303 e. The zero-order valence-corrected chi connectivity index (χ0v) is 9.60. The summed E-state index contributed by atoms with van der Waals surface area (Å²) in [6, 6.07) is 8.27. The van der Waals surface area contributed by atoms with E-state index in [2.05, 4.69) is 31.2 Å². The average molecular weight is 202 g/mol. The Labute approximate surface area is 91.8 Å². The van der Waals surface area contributed by atoms with E-state index in [1.807, 2.05) is 26.0 Å². The summed E-state index contributed by atoms with van der Waals surface area (Å²) in [7, 11) is 0. The van der Waals surface area contributed by atoms with Crippen molar-refractivity contribution in [3.8, 4) is 0 Å². The van der Waals surface area contributed by atoms with E-state index in [0.29, 0.717) is 5.92 Å². The summed E-state index contributed by atoms with van der Waals surface area (Å²) in [4.78, 5) is 10.6. The number of rotatable bonds is 4. The molecule has 0 N–H and O–H groups in total. The van der Waals surface area contributed by atoms with Gasteiger partial charge < -0.3 is 4.79 Å². The van der Waals surface area contributed by atoms with Crippen LogP contribution in [0.15, 0.2) is 36.4 Å². The van der Waals surface area contributed by atoms with Crippen LogP contribution in [-0.2, 0) is 4.79 Å². The van der Waals surface area contributed by atoms with Gasteiger partial charge in [0.1, 0.15) is 6.29 Å². The number of benzene rings is 1. The summed E-state index contributed by atoms with van der Waals surface area (Å²) in [5.41, 5.74) is 2.37. The molecular weight excluding hydrogens is 184 g/mol. The number of hydrogen-bond donors (Lipinski definition) is 0. The molecule has 1 nitrogen and oxygen atoms in total. The van der Waals surface area contributed by atoms with E-state index in [-0.39, 0.29) is 5.92 Å². The molecule has 1 aromatic carbocycles. The smallest absolute Gasteiger partial charge is 0.127 e. The lowest BCUT2D eigenvalue weighted by atomic mass is 9.96. The Kier molecular flexibility index (Phi) is 4.29. The Hall–Kier alpha value is -1.37. The molecule has 0 aliphatic heterocycles. The Morgan fingerprint density at radius 3 is 1.87 bits per heavy atom. The molecule has 1 heteroatoms. The molecule has 0 amide bonds. The molecule has 0 saturated carbocycles. The first-order valence-corrected chi connectivity index (χ1v) is 5.37. The Balaban J connectivity index is 2.84. The van der Waals surface area contributed by atoms with Crippen molar-refractivity contribution in [2.75, 3.05) is 0 Å². The number of allylic oxidation sites excluding steroid dienone is 2. The molecule has 0 radical (unpaired) electrons. The molecule has 0 heterocycles. The lowest BCUT2D eigenvalue weighted by Crippen LogP contribution is -1.95. The maximum absolute atomic E-state index is 10.6. The second-order valence-corrected chi connectivity index (χ2v) is 3.91. The fourth-order valence-corrected chi connectivity index (χ4v) is 1.58. The van der Waals surface area contributed by atoms with Gasteiger partial charge in [0, 0.05) is 5.92 Å². The van der Waals surface area contributed by atoms with Crippen molar-refractivity contribution >= 4 is 6.29 Å². The number of aldehydes is 1. The summed E-state index contributed by atoms with van der Waals surface area (Å²) in [5, 5.41) is 0. The summed E-state index contributed by atoms with van der Waals surface area (Å²) in [5.74, 6) is 0.437. The first-order chi connectivity index (χ1) is 7.19. The van der Waals surface area contributed by atoms with E-state index < -0.39 is 0 Å². The minimum absolute atomic E-state index is 0.00364. The van der Waals surface area contributed by atoms with Gasteiger partial charge in [0.25, 0.3) is 0 Å². The zero-order chi connectivity index (χ0) is 11.3. The maximum Gasteiger partial charge on any atom is 0.127 e. The van der Waals surface area contributed by atoms with Crippen LogP contribution < -0.4 is 0 Å². The highest BCUT2D eigenvalue weighted by Crippen LogP contribution is 2.20. The average Bonchev–Trinajstić information content (AvgIpc) is 2.28. The van der Waals surface area contributed by atoms with Crippen LogP contribution in [0.3, 0.4) is 0 Å². The molecule has 2 unspecified atom stereocenters. The molecule has 2 atom stereocenters. The van der Waals surface area contributed by atoms with Gasteiger partial charge in [-0.2, -0.15) is 0 Å². The van der Waals surface area contributed by atoms with Crippen LogP contribution in [0.1, 0.15) is 43.7 Å². The molecule has 0 saturated heterocycles. The van der Waals surface area contributed by atoms with Gasteiger partial charge in [-0.1, -0.05) is 50.3 Å². The van der Waals surface area contributed by atoms with Crippen LogP contribution in [0, 0.1) is 0 Å². The van der Waals surface area contributed by atoms with Crippen molar-refractivity contribution < 1.29 is 4.79 Å². The summed E-state index contributed by atoms with van der Waals surface area (Å²) in [6.45, 7) is 6.11. The third kappa shape index (κ3) is 3.05. The van der Waals surface area contributed by atoms with Crippen LogP contribution in [-0.4, -0.2) is 6.29 Å².